The Morgan fingerprint density at radius 1 is 1.41 bits per heavy atom. The highest BCUT2D eigenvalue weighted by Crippen LogP contribution is 2.24. The van der Waals surface area contributed by atoms with Gasteiger partial charge in [-0.1, -0.05) is 0 Å². The number of nitrogen functional groups attached to an aromatic ring is 1. The van der Waals surface area contributed by atoms with Gasteiger partial charge in [0.1, 0.15) is 12.0 Å². The minimum Gasteiger partial charge on any atom is -0.476 e. The van der Waals surface area contributed by atoms with Gasteiger partial charge in [0.05, 0.1) is 12.2 Å². The van der Waals surface area contributed by atoms with Gasteiger partial charge in [0.25, 0.3) is 0 Å². The Kier molecular flexibility index (Phi) is 4.51. The van der Waals surface area contributed by atoms with Gasteiger partial charge in [-0.3, -0.25) is 0 Å². The van der Waals surface area contributed by atoms with E-state index in [9.17, 15) is 0 Å². The van der Waals surface area contributed by atoms with Crippen LogP contribution in [0.15, 0.2) is 6.33 Å². The fraction of sp³-hybridized carbons (Fsp3) is 0.636. The first-order valence-electron chi connectivity index (χ1n) is 5.52. The Morgan fingerprint density at radius 2 is 2.12 bits per heavy atom. The topological polar surface area (TPSA) is 82.3 Å². The van der Waals surface area contributed by atoms with Crippen molar-refractivity contribution < 1.29 is 9.47 Å². The maximum atomic E-state index is 5.89. The van der Waals surface area contributed by atoms with Crippen molar-refractivity contribution >= 4 is 11.5 Å². The van der Waals surface area contributed by atoms with Crippen LogP contribution in [0.4, 0.5) is 11.5 Å². The van der Waals surface area contributed by atoms with Crippen molar-refractivity contribution in [2.75, 3.05) is 31.3 Å². The molecule has 0 saturated heterocycles. The van der Waals surface area contributed by atoms with Crippen molar-refractivity contribution in [2.45, 2.75) is 26.4 Å². The van der Waals surface area contributed by atoms with Gasteiger partial charge in [-0.05, 0) is 20.8 Å². The van der Waals surface area contributed by atoms with Gasteiger partial charge >= 0.3 is 0 Å². The van der Waals surface area contributed by atoms with E-state index >= 15 is 0 Å². The molecule has 0 fully saturated rings. The van der Waals surface area contributed by atoms with Crippen LogP contribution >= 0.6 is 0 Å². The molecule has 0 amide bonds. The van der Waals surface area contributed by atoms with Crippen LogP contribution in [0.1, 0.15) is 20.8 Å². The smallest absolute Gasteiger partial charge is 0.242 e. The SMILES string of the molecule is CCOc1ncnc(NCC(C)(C)OC)c1N. The largest absolute Gasteiger partial charge is 0.476 e. The lowest BCUT2D eigenvalue weighted by molar-refractivity contribution is 0.0343. The molecular weight excluding hydrogens is 220 g/mol. The van der Waals surface area contributed by atoms with Gasteiger partial charge in [-0.2, -0.15) is 4.98 Å². The molecule has 3 N–H and O–H groups in total. The van der Waals surface area contributed by atoms with Crippen LogP contribution in [0.25, 0.3) is 0 Å². The molecule has 96 valence electrons. The van der Waals surface area contributed by atoms with E-state index in [1.54, 1.807) is 7.11 Å². The van der Waals surface area contributed by atoms with Crippen molar-refractivity contribution in [3.8, 4) is 5.88 Å². The van der Waals surface area contributed by atoms with E-state index in [0.29, 0.717) is 30.5 Å². The summed E-state index contributed by atoms with van der Waals surface area (Å²) < 4.78 is 10.6. The quantitative estimate of drug-likeness (QED) is 0.779. The van der Waals surface area contributed by atoms with Crippen molar-refractivity contribution in [1.82, 2.24) is 9.97 Å². The van der Waals surface area contributed by atoms with E-state index in [4.69, 9.17) is 15.2 Å². The van der Waals surface area contributed by atoms with Gasteiger partial charge in [0.15, 0.2) is 5.82 Å². The minimum absolute atomic E-state index is 0.289. The van der Waals surface area contributed by atoms with Crippen LogP contribution in [0.3, 0.4) is 0 Å². The first-order chi connectivity index (χ1) is 8.00. The van der Waals surface area contributed by atoms with Gasteiger partial charge in [-0.25, -0.2) is 4.98 Å². The Bertz CT molecular complexity index is 368. The Balaban J connectivity index is 2.75. The number of nitrogens with zero attached hydrogens (tertiary/aromatic N) is 2. The second-order valence-electron chi connectivity index (χ2n) is 4.19. The number of nitrogens with one attached hydrogen (secondary N) is 1. The molecule has 6 heteroatoms. The number of aromatic nitrogens is 2. The molecule has 0 radical (unpaired) electrons. The first kappa shape index (κ1) is 13.5. The Labute approximate surface area is 102 Å². The van der Waals surface area contributed by atoms with E-state index < -0.39 is 0 Å². The summed E-state index contributed by atoms with van der Waals surface area (Å²) in [5.41, 5.74) is 6.02. The van der Waals surface area contributed by atoms with Crippen molar-refractivity contribution in [3.05, 3.63) is 6.33 Å². The third-order valence-electron chi connectivity index (χ3n) is 2.36. The molecule has 17 heavy (non-hydrogen) atoms. The standard InChI is InChI=1S/C11H20N4O2/c1-5-17-10-8(12)9(14-7-15-10)13-6-11(2,3)16-4/h7H,5-6,12H2,1-4H3,(H,13,14,15). The number of hydrogen-bond donors (Lipinski definition) is 2. The first-order valence-corrected chi connectivity index (χ1v) is 5.52. The summed E-state index contributed by atoms with van der Waals surface area (Å²) in [6.45, 7) is 6.94. The molecule has 0 aliphatic carbocycles. The Hall–Kier alpha value is -1.56. The average Bonchev–Trinajstić information content (AvgIpc) is 2.31. The van der Waals surface area contributed by atoms with Crippen LogP contribution in [-0.4, -0.2) is 35.8 Å². The lowest BCUT2D eigenvalue weighted by Crippen LogP contribution is -2.32. The molecule has 1 aromatic heterocycles. The van der Waals surface area contributed by atoms with E-state index in [-0.39, 0.29) is 5.60 Å². The fourth-order valence-corrected chi connectivity index (χ4v) is 1.14. The molecule has 0 aromatic carbocycles. The number of ether oxygens (including phenoxy) is 2. The van der Waals surface area contributed by atoms with Crippen LogP contribution in [0.5, 0.6) is 5.88 Å². The molecule has 0 aliphatic heterocycles. The van der Waals surface area contributed by atoms with E-state index in [1.807, 2.05) is 20.8 Å². The van der Waals surface area contributed by atoms with Gasteiger partial charge in [0, 0.05) is 13.7 Å². The predicted molar refractivity (Wildman–Crippen MR) is 67.2 cm³/mol. The van der Waals surface area contributed by atoms with Gasteiger partial charge in [-0.15, -0.1) is 0 Å². The molecule has 1 aromatic rings. The molecule has 0 bridgehead atoms. The number of rotatable bonds is 6. The van der Waals surface area contributed by atoms with Crippen LogP contribution in [-0.2, 0) is 4.74 Å². The molecule has 6 nitrogen and oxygen atoms in total. The summed E-state index contributed by atoms with van der Waals surface area (Å²) >= 11 is 0. The third kappa shape index (κ3) is 3.74. The molecule has 0 aliphatic rings. The second-order valence-corrected chi connectivity index (χ2v) is 4.19. The zero-order valence-electron chi connectivity index (χ0n) is 10.8. The third-order valence-corrected chi connectivity index (χ3v) is 2.36. The molecule has 0 spiro atoms. The lowest BCUT2D eigenvalue weighted by Gasteiger charge is -2.23. The summed E-state index contributed by atoms with van der Waals surface area (Å²) in [5.74, 6) is 0.966. The second kappa shape index (κ2) is 5.67. The molecule has 0 atom stereocenters. The van der Waals surface area contributed by atoms with Crippen molar-refractivity contribution in [3.63, 3.8) is 0 Å². The average molecular weight is 240 g/mol. The number of anilines is 2. The monoisotopic (exact) mass is 240 g/mol. The lowest BCUT2D eigenvalue weighted by atomic mass is 10.1. The summed E-state index contributed by atoms with van der Waals surface area (Å²) in [4.78, 5) is 8.04. The van der Waals surface area contributed by atoms with E-state index in [0.717, 1.165) is 0 Å². The summed E-state index contributed by atoms with van der Waals surface area (Å²) in [7, 11) is 1.66. The van der Waals surface area contributed by atoms with Gasteiger partial charge < -0.3 is 20.5 Å². The van der Waals surface area contributed by atoms with E-state index in [1.165, 1.54) is 6.33 Å². The predicted octanol–water partition coefficient (Wildman–Crippen LogP) is 1.29. The highest BCUT2D eigenvalue weighted by molar-refractivity contribution is 5.66. The van der Waals surface area contributed by atoms with E-state index in [2.05, 4.69) is 15.3 Å². The summed E-state index contributed by atoms with van der Waals surface area (Å²) in [6.07, 6.45) is 1.42. The van der Waals surface area contributed by atoms with Crippen molar-refractivity contribution in [2.24, 2.45) is 0 Å². The molecule has 1 heterocycles. The van der Waals surface area contributed by atoms with Crippen LogP contribution in [0, 0.1) is 0 Å². The van der Waals surface area contributed by atoms with Crippen LogP contribution < -0.4 is 15.8 Å². The number of hydrogen-bond acceptors (Lipinski definition) is 6. The minimum atomic E-state index is -0.289. The maximum Gasteiger partial charge on any atom is 0.242 e. The maximum absolute atomic E-state index is 5.89. The number of nitrogens with two attached hydrogens (primary N) is 1. The van der Waals surface area contributed by atoms with Gasteiger partial charge in [0.2, 0.25) is 5.88 Å². The highest BCUT2D eigenvalue weighted by atomic mass is 16.5. The highest BCUT2D eigenvalue weighted by Gasteiger charge is 2.17. The molecule has 0 unspecified atom stereocenters. The number of methoxy groups -OCH3 is 1. The molecular formula is C11H20N4O2. The zero-order valence-corrected chi connectivity index (χ0v) is 10.8. The Morgan fingerprint density at radius 3 is 2.71 bits per heavy atom. The zero-order chi connectivity index (χ0) is 12.9. The van der Waals surface area contributed by atoms with Crippen molar-refractivity contribution in [1.29, 1.82) is 0 Å². The summed E-state index contributed by atoms with van der Waals surface area (Å²) in [6, 6.07) is 0. The fourth-order valence-electron chi connectivity index (χ4n) is 1.14. The van der Waals surface area contributed by atoms with Crippen LogP contribution in [0.2, 0.25) is 0 Å². The molecule has 0 saturated carbocycles. The normalized spacial score (nSPS) is 11.3. The summed E-state index contributed by atoms with van der Waals surface area (Å²) in [5, 5.41) is 3.12. The molecule has 1 rings (SSSR count).